The Morgan fingerprint density at radius 1 is 0.602 bits per heavy atom. The SMILES string of the molecule is COC1CC(OC2C(C)OC(OC3C(C)OC(OC4C(C)OC5(COC6CC(OC(C)C7(O)CCC8C9CC=C%10CC(O)CCC%10(C)C9CCC87C)OC(C)C6OO5)CC4OC)CC3OC)CC2OC)OC(C)C1OC1CC(OC(C)=O)C(OC)C(C)O1. The van der Waals surface area contributed by atoms with Gasteiger partial charge in [0, 0.05) is 86.4 Å². The fourth-order valence-electron chi connectivity index (χ4n) is 18.2. The summed E-state index contributed by atoms with van der Waals surface area (Å²) in [4.78, 5) is 24.4. The maximum atomic E-state index is 12.8. The number of rotatable bonds is 17. The molecule has 3 saturated carbocycles. The smallest absolute Gasteiger partial charge is 0.302 e. The van der Waals surface area contributed by atoms with Crippen molar-refractivity contribution in [2.24, 2.45) is 28.6 Å². The zero-order chi connectivity index (χ0) is 62.8. The number of carbonyl (C=O) groups is 1. The number of methoxy groups -OCH3 is 5. The molecule has 0 bridgehead atoms. The molecule has 11 aliphatic rings. The van der Waals surface area contributed by atoms with E-state index in [0.29, 0.717) is 49.9 Å². The molecule has 7 heterocycles. The lowest BCUT2D eigenvalue weighted by atomic mass is 9.46. The van der Waals surface area contributed by atoms with Gasteiger partial charge in [0.05, 0.1) is 85.0 Å². The summed E-state index contributed by atoms with van der Waals surface area (Å²) in [7, 11) is 8.13. The Balaban J connectivity index is 0.648. The van der Waals surface area contributed by atoms with E-state index < -0.39 is 159 Å². The van der Waals surface area contributed by atoms with Crippen molar-refractivity contribution in [1.29, 1.82) is 0 Å². The van der Waals surface area contributed by atoms with Gasteiger partial charge in [-0.15, -0.1) is 0 Å². The minimum absolute atomic E-state index is 0.0631. The monoisotopic (exact) mass is 1250 g/mol. The second-order valence-corrected chi connectivity index (χ2v) is 28.2. The standard InChI is InChI=1S/C65H106O23/c1-32-56(73-15)49(81-39(8)66)29-55(75-32)84-59-35(4)77-53(26-46(59)70-12)82-57-33(2)76-52(25-45(57)69-11)83-58-34(3)78-54(27-47(58)71-13)85-60-37(6)86-64(30-50(60)72-14)31-74-48-28-51(79-36(5)61(48)87-88-64)80-38(7)65(68)23-20-44-42-17-16-40-24-41(67)18-21-62(40,9)43(42)19-22-63(44,65)10/h16,32-38,41-61,67-68H,17-31H2,1-15H3. The summed E-state index contributed by atoms with van der Waals surface area (Å²) in [6.07, 6.45) is -0.910. The molecular formula is C65H106O23. The fraction of sp³-hybridized carbons (Fsp3) is 0.954. The lowest BCUT2D eigenvalue weighted by Crippen LogP contribution is -2.60. The number of aliphatic hydroxyl groups excluding tert-OH is 1. The van der Waals surface area contributed by atoms with E-state index in [-0.39, 0.29) is 42.5 Å². The van der Waals surface area contributed by atoms with Crippen LogP contribution in [-0.4, -0.2) is 223 Å². The summed E-state index contributed by atoms with van der Waals surface area (Å²) in [5.41, 5.74) is 0.251. The number of fused-ring (bicyclic) bond motifs is 6. The molecule has 88 heavy (non-hydrogen) atoms. The van der Waals surface area contributed by atoms with Crippen LogP contribution in [0, 0.1) is 28.6 Å². The molecular weight excluding hydrogens is 1150 g/mol. The van der Waals surface area contributed by atoms with Crippen molar-refractivity contribution in [2.45, 2.75) is 324 Å². The summed E-state index contributed by atoms with van der Waals surface area (Å²) in [5.74, 6) is -0.258. The van der Waals surface area contributed by atoms with Crippen molar-refractivity contribution in [1.82, 2.24) is 0 Å². The number of hydrogen-bond donors (Lipinski definition) is 2. The van der Waals surface area contributed by atoms with Crippen molar-refractivity contribution < 1.29 is 110 Å². The Kier molecular flexibility index (Phi) is 21.3. The predicted molar refractivity (Wildman–Crippen MR) is 311 cm³/mol. The topological polar surface area (TPSA) is 242 Å². The average molecular weight is 1260 g/mol. The summed E-state index contributed by atoms with van der Waals surface area (Å²) in [6.45, 7) is 19.7. The van der Waals surface area contributed by atoms with Crippen LogP contribution in [0.3, 0.4) is 0 Å². The highest BCUT2D eigenvalue weighted by Gasteiger charge is 2.66. The number of allylic oxidation sites excluding steroid dienone is 1. The minimum atomic E-state index is -1.31. The van der Waals surface area contributed by atoms with Crippen LogP contribution in [0.15, 0.2) is 11.6 Å². The third kappa shape index (κ3) is 13.3. The quantitative estimate of drug-likeness (QED) is 0.0856. The molecule has 0 aromatic carbocycles. The zero-order valence-electron chi connectivity index (χ0n) is 54.8. The maximum Gasteiger partial charge on any atom is 0.302 e. The van der Waals surface area contributed by atoms with Crippen LogP contribution in [-0.2, 0) is 99.8 Å². The Morgan fingerprint density at radius 3 is 1.65 bits per heavy atom. The van der Waals surface area contributed by atoms with E-state index in [9.17, 15) is 15.0 Å². The summed E-state index contributed by atoms with van der Waals surface area (Å²) in [6, 6.07) is 0. The van der Waals surface area contributed by atoms with Crippen molar-refractivity contribution >= 4 is 5.97 Å². The van der Waals surface area contributed by atoms with E-state index in [1.54, 1.807) is 35.5 Å². The van der Waals surface area contributed by atoms with Crippen molar-refractivity contribution in [3.8, 4) is 0 Å². The molecule has 0 aromatic heterocycles. The van der Waals surface area contributed by atoms with Crippen LogP contribution in [0.25, 0.3) is 0 Å². The Bertz CT molecular complexity index is 2350. The number of hydrogen-bond acceptors (Lipinski definition) is 23. The third-order valence-corrected chi connectivity index (χ3v) is 23.0. The van der Waals surface area contributed by atoms with Crippen LogP contribution in [0.5, 0.6) is 0 Å². The molecule has 0 amide bonds. The molecule has 10 fully saturated rings. The van der Waals surface area contributed by atoms with E-state index >= 15 is 0 Å². The minimum Gasteiger partial charge on any atom is -0.459 e. The van der Waals surface area contributed by atoms with Crippen LogP contribution < -0.4 is 0 Å². The Labute approximate surface area is 520 Å². The number of ether oxygens (including phenoxy) is 18. The average Bonchev–Trinajstić information content (AvgIpc) is 1.44. The zero-order valence-corrected chi connectivity index (χ0v) is 54.8. The molecule has 1 spiro atoms. The van der Waals surface area contributed by atoms with E-state index in [1.807, 2.05) is 48.5 Å². The molecule has 504 valence electrons. The van der Waals surface area contributed by atoms with Crippen molar-refractivity contribution in [3.63, 3.8) is 0 Å². The summed E-state index contributed by atoms with van der Waals surface area (Å²) >= 11 is 0. The lowest BCUT2D eigenvalue weighted by molar-refractivity contribution is -0.472. The van der Waals surface area contributed by atoms with Gasteiger partial charge in [0.15, 0.2) is 31.5 Å². The first-order chi connectivity index (χ1) is 42.0. The molecule has 2 N–H and O–H groups in total. The van der Waals surface area contributed by atoms with Crippen LogP contribution in [0.2, 0.25) is 0 Å². The lowest BCUT2D eigenvalue weighted by Gasteiger charge is -2.59. The van der Waals surface area contributed by atoms with Gasteiger partial charge in [0.25, 0.3) is 0 Å². The van der Waals surface area contributed by atoms with E-state index in [1.165, 1.54) is 12.5 Å². The van der Waals surface area contributed by atoms with E-state index in [2.05, 4.69) is 19.9 Å². The van der Waals surface area contributed by atoms with Gasteiger partial charge in [-0.1, -0.05) is 25.5 Å². The van der Waals surface area contributed by atoms with Crippen LogP contribution >= 0.6 is 0 Å². The molecule has 0 radical (unpaired) electrons. The van der Waals surface area contributed by atoms with Gasteiger partial charge in [-0.2, -0.15) is 4.89 Å². The summed E-state index contributed by atoms with van der Waals surface area (Å²) in [5, 5.41) is 23.4. The van der Waals surface area contributed by atoms with Gasteiger partial charge in [0.1, 0.15) is 49.3 Å². The molecule has 4 aliphatic carbocycles. The molecule has 23 heteroatoms. The number of carbonyl (C=O) groups excluding carboxylic acids is 1. The largest absolute Gasteiger partial charge is 0.459 e. The van der Waals surface area contributed by atoms with Gasteiger partial charge in [-0.25, -0.2) is 4.89 Å². The van der Waals surface area contributed by atoms with Crippen LogP contribution in [0.4, 0.5) is 0 Å². The number of esters is 1. The van der Waals surface area contributed by atoms with Gasteiger partial charge in [-0.05, 0) is 123 Å². The summed E-state index contributed by atoms with van der Waals surface area (Å²) < 4.78 is 114. The first-order valence-corrected chi connectivity index (χ1v) is 33.1. The second kappa shape index (κ2) is 27.6. The van der Waals surface area contributed by atoms with Crippen molar-refractivity contribution in [3.05, 3.63) is 11.6 Å². The molecule has 23 nitrogen and oxygen atoms in total. The highest BCUT2D eigenvalue weighted by Crippen LogP contribution is 2.68. The Morgan fingerprint density at radius 2 is 1.11 bits per heavy atom. The third-order valence-electron chi connectivity index (χ3n) is 23.0. The molecule has 32 atom stereocenters. The molecule has 11 rings (SSSR count). The first kappa shape index (κ1) is 67.8. The van der Waals surface area contributed by atoms with E-state index in [4.69, 9.17) is 95.0 Å². The first-order valence-electron chi connectivity index (χ1n) is 33.1. The highest BCUT2D eigenvalue weighted by atomic mass is 17.2. The highest BCUT2D eigenvalue weighted by molar-refractivity contribution is 5.66. The van der Waals surface area contributed by atoms with E-state index in [0.717, 1.165) is 44.9 Å². The normalized spacial score (nSPS) is 51.9. The number of aliphatic hydroxyl groups is 2. The maximum absolute atomic E-state index is 12.8. The molecule has 7 aliphatic heterocycles. The Hall–Kier alpha value is -1.63. The fourth-order valence-corrected chi connectivity index (χ4v) is 18.2. The van der Waals surface area contributed by atoms with Gasteiger partial charge in [0.2, 0.25) is 5.79 Å². The predicted octanol–water partition coefficient (Wildman–Crippen LogP) is 6.89. The molecule has 32 unspecified atom stereocenters. The molecule has 0 aromatic rings. The molecule has 7 saturated heterocycles. The second-order valence-electron chi connectivity index (χ2n) is 28.2. The van der Waals surface area contributed by atoms with Crippen molar-refractivity contribution in [2.75, 3.05) is 42.2 Å². The van der Waals surface area contributed by atoms with Gasteiger partial charge < -0.3 is 95.5 Å². The van der Waals surface area contributed by atoms with Crippen LogP contribution in [0.1, 0.15) is 159 Å². The van der Waals surface area contributed by atoms with Gasteiger partial charge in [-0.3, -0.25) is 4.79 Å². The van der Waals surface area contributed by atoms with Gasteiger partial charge >= 0.3 is 5.97 Å².